The number of aromatic amines is 1. The van der Waals surface area contributed by atoms with Gasteiger partial charge in [0.2, 0.25) is 5.56 Å². The number of methoxy groups -OCH3 is 1. The van der Waals surface area contributed by atoms with Crippen molar-refractivity contribution >= 4 is 5.91 Å². The molecule has 0 radical (unpaired) electrons. The third-order valence-electron chi connectivity index (χ3n) is 2.50. The minimum Gasteiger partial charge on any atom is -0.383 e. The lowest BCUT2D eigenvalue weighted by atomic mass is 10.0. The maximum Gasteiger partial charge on any atom is 0.251 e. The minimum absolute atomic E-state index is 0.0632. The predicted molar refractivity (Wildman–Crippen MR) is 65.0 cm³/mol. The first kappa shape index (κ1) is 13.4. The molecule has 2 N–H and O–H groups in total. The number of H-pyrrole nitrogens is 1. The van der Waals surface area contributed by atoms with E-state index < -0.39 is 0 Å². The van der Waals surface area contributed by atoms with E-state index in [-0.39, 0.29) is 23.4 Å². The van der Waals surface area contributed by atoms with Gasteiger partial charge in [-0.15, -0.1) is 0 Å². The Balaban J connectivity index is 2.73. The van der Waals surface area contributed by atoms with Crippen LogP contribution in [0.25, 0.3) is 0 Å². The Labute approximate surface area is 100 Å². The highest BCUT2D eigenvalue weighted by Crippen LogP contribution is 2.03. The van der Waals surface area contributed by atoms with Crippen LogP contribution in [0.15, 0.2) is 23.1 Å². The summed E-state index contributed by atoms with van der Waals surface area (Å²) in [4.78, 5) is 25.4. The fourth-order valence-corrected chi connectivity index (χ4v) is 1.42. The number of amides is 1. The summed E-state index contributed by atoms with van der Waals surface area (Å²) in [6.07, 6.45) is 1.46. The summed E-state index contributed by atoms with van der Waals surface area (Å²) in [7, 11) is 1.59. The molecule has 1 amide bonds. The molecule has 0 aliphatic heterocycles. The molecule has 0 saturated heterocycles. The van der Waals surface area contributed by atoms with Gasteiger partial charge in [-0.25, -0.2) is 0 Å². The van der Waals surface area contributed by atoms with Crippen molar-refractivity contribution in [3.63, 3.8) is 0 Å². The van der Waals surface area contributed by atoms with Gasteiger partial charge in [-0.3, -0.25) is 9.59 Å². The molecule has 94 valence electrons. The van der Waals surface area contributed by atoms with Gasteiger partial charge in [0.15, 0.2) is 0 Å². The van der Waals surface area contributed by atoms with E-state index in [4.69, 9.17) is 4.74 Å². The standard InChI is InChI=1S/C12H18N2O3/c1-8(2)10(7-17-3)14-12(16)9-4-5-13-11(15)6-9/h4-6,8,10H,7H2,1-3H3,(H,13,15)(H,14,16). The number of hydrogen-bond donors (Lipinski definition) is 2. The van der Waals surface area contributed by atoms with Gasteiger partial charge < -0.3 is 15.0 Å². The van der Waals surface area contributed by atoms with Crippen molar-refractivity contribution in [2.24, 2.45) is 5.92 Å². The number of hydrogen-bond acceptors (Lipinski definition) is 3. The smallest absolute Gasteiger partial charge is 0.251 e. The molecule has 0 aliphatic rings. The molecule has 1 unspecified atom stereocenters. The second kappa shape index (κ2) is 6.20. The number of pyridine rings is 1. The summed E-state index contributed by atoms with van der Waals surface area (Å²) in [5, 5.41) is 2.84. The second-order valence-corrected chi connectivity index (χ2v) is 4.22. The van der Waals surface area contributed by atoms with Crippen molar-refractivity contribution in [3.05, 3.63) is 34.2 Å². The Morgan fingerprint density at radius 1 is 1.53 bits per heavy atom. The fourth-order valence-electron chi connectivity index (χ4n) is 1.42. The van der Waals surface area contributed by atoms with E-state index in [1.165, 1.54) is 12.3 Å². The molecular weight excluding hydrogens is 220 g/mol. The first-order valence-electron chi connectivity index (χ1n) is 5.53. The molecular formula is C12H18N2O3. The number of carbonyl (C=O) groups excluding carboxylic acids is 1. The van der Waals surface area contributed by atoms with Crippen molar-refractivity contribution in [2.45, 2.75) is 19.9 Å². The van der Waals surface area contributed by atoms with Crippen molar-refractivity contribution in [1.82, 2.24) is 10.3 Å². The molecule has 5 nitrogen and oxygen atoms in total. The topological polar surface area (TPSA) is 71.2 Å². The zero-order valence-electron chi connectivity index (χ0n) is 10.3. The van der Waals surface area contributed by atoms with Crippen LogP contribution in [0.2, 0.25) is 0 Å². The highest BCUT2D eigenvalue weighted by atomic mass is 16.5. The molecule has 0 spiro atoms. The molecule has 1 heterocycles. The normalized spacial score (nSPS) is 12.5. The lowest BCUT2D eigenvalue weighted by Crippen LogP contribution is -2.41. The van der Waals surface area contributed by atoms with Gasteiger partial charge in [0.1, 0.15) is 0 Å². The Morgan fingerprint density at radius 3 is 2.76 bits per heavy atom. The molecule has 0 aliphatic carbocycles. The van der Waals surface area contributed by atoms with Crippen LogP contribution >= 0.6 is 0 Å². The lowest BCUT2D eigenvalue weighted by Gasteiger charge is -2.21. The SMILES string of the molecule is COCC(NC(=O)c1cc[nH]c(=O)c1)C(C)C. The van der Waals surface area contributed by atoms with Gasteiger partial charge >= 0.3 is 0 Å². The molecule has 0 saturated carbocycles. The number of rotatable bonds is 5. The summed E-state index contributed by atoms with van der Waals surface area (Å²) in [5.41, 5.74) is 0.0704. The van der Waals surface area contributed by atoms with Gasteiger partial charge in [0, 0.05) is 24.9 Å². The monoisotopic (exact) mass is 238 g/mol. The van der Waals surface area contributed by atoms with E-state index in [1.807, 2.05) is 13.8 Å². The lowest BCUT2D eigenvalue weighted by molar-refractivity contribution is 0.0866. The van der Waals surface area contributed by atoms with E-state index in [1.54, 1.807) is 13.2 Å². The summed E-state index contributed by atoms with van der Waals surface area (Å²) in [6.45, 7) is 4.45. The molecule has 0 bridgehead atoms. The molecule has 0 aromatic carbocycles. The van der Waals surface area contributed by atoms with Crippen molar-refractivity contribution in [2.75, 3.05) is 13.7 Å². The molecule has 1 aromatic rings. The van der Waals surface area contributed by atoms with Crippen molar-refractivity contribution in [1.29, 1.82) is 0 Å². The summed E-state index contributed by atoms with van der Waals surface area (Å²) < 4.78 is 5.04. The zero-order chi connectivity index (χ0) is 12.8. The van der Waals surface area contributed by atoms with Crippen LogP contribution in [0.3, 0.4) is 0 Å². The van der Waals surface area contributed by atoms with Crippen LogP contribution in [0.5, 0.6) is 0 Å². The first-order valence-corrected chi connectivity index (χ1v) is 5.53. The Bertz CT molecular complexity index is 426. The molecule has 1 rings (SSSR count). The number of nitrogens with one attached hydrogen (secondary N) is 2. The minimum atomic E-state index is -0.287. The van der Waals surface area contributed by atoms with Crippen molar-refractivity contribution < 1.29 is 9.53 Å². The number of aromatic nitrogens is 1. The predicted octanol–water partition coefficient (Wildman–Crippen LogP) is 0.776. The van der Waals surface area contributed by atoms with Gasteiger partial charge in [0.25, 0.3) is 5.91 Å². The average molecular weight is 238 g/mol. The number of carbonyl (C=O) groups is 1. The van der Waals surface area contributed by atoms with Gasteiger partial charge in [-0.2, -0.15) is 0 Å². The molecule has 1 aromatic heterocycles. The van der Waals surface area contributed by atoms with Crippen LogP contribution in [0.1, 0.15) is 24.2 Å². The maximum absolute atomic E-state index is 11.9. The molecule has 5 heteroatoms. The fraction of sp³-hybridized carbons (Fsp3) is 0.500. The van der Waals surface area contributed by atoms with Crippen LogP contribution in [-0.4, -0.2) is 30.6 Å². The maximum atomic E-state index is 11.9. The van der Waals surface area contributed by atoms with E-state index in [2.05, 4.69) is 10.3 Å². The van der Waals surface area contributed by atoms with Crippen LogP contribution < -0.4 is 10.9 Å². The largest absolute Gasteiger partial charge is 0.383 e. The van der Waals surface area contributed by atoms with E-state index in [0.29, 0.717) is 12.2 Å². The Hall–Kier alpha value is -1.62. The van der Waals surface area contributed by atoms with Crippen LogP contribution in [0.4, 0.5) is 0 Å². The second-order valence-electron chi connectivity index (χ2n) is 4.22. The van der Waals surface area contributed by atoms with E-state index >= 15 is 0 Å². The van der Waals surface area contributed by atoms with E-state index in [9.17, 15) is 9.59 Å². The molecule has 0 fully saturated rings. The summed E-state index contributed by atoms with van der Waals surface area (Å²) in [6, 6.07) is 2.78. The van der Waals surface area contributed by atoms with Gasteiger partial charge in [0.05, 0.1) is 12.6 Å². The molecule has 17 heavy (non-hydrogen) atoms. The highest BCUT2D eigenvalue weighted by molar-refractivity contribution is 5.94. The van der Waals surface area contributed by atoms with Crippen LogP contribution in [-0.2, 0) is 4.74 Å². The van der Waals surface area contributed by atoms with Crippen LogP contribution in [0, 0.1) is 5.92 Å². The van der Waals surface area contributed by atoms with E-state index in [0.717, 1.165) is 0 Å². The molecule has 1 atom stereocenters. The summed E-state index contributed by atoms with van der Waals surface area (Å²) >= 11 is 0. The third-order valence-corrected chi connectivity index (χ3v) is 2.50. The van der Waals surface area contributed by atoms with Gasteiger partial charge in [-0.1, -0.05) is 13.8 Å². The summed E-state index contributed by atoms with van der Waals surface area (Å²) in [5.74, 6) is 0.00717. The Morgan fingerprint density at radius 2 is 2.24 bits per heavy atom. The van der Waals surface area contributed by atoms with Crippen molar-refractivity contribution in [3.8, 4) is 0 Å². The third kappa shape index (κ3) is 4.03. The highest BCUT2D eigenvalue weighted by Gasteiger charge is 2.16. The number of ether oxygens (including phenoxy) is 1. The van der Waals surface area contributed by atoms with Gasteiger partial charge in [-0.05, 0) is 12.0 Å². The Kier molecular flexibility index (Phi) is 4.90. The zero-order valence-corrected chi connectivity index (χ0v) is 10.3. The quantitative estimate of drug-likeness (QED) is 0.796. The first-order chi connectivity index (χ1) is 8.04. The average Bonchev–Trinajstić information content (AvgIpc) is 2.28.